The van der Waals surface area contributed by atoms with Gasteiger partial charge in [-0.3, -0.25) is 0 Å². The predicted octanol–water partition coefficient (Wildman–Crippen LogP) is 4.00. The molecular formula is C16H36N2OSn. The van der Waals surface area contributed by atoms with Crippen LogP contribution in [0.4, 0.5) is 0 Å². The number of unbranched alkanes of at least 4 members (excludes halogenated alkanes) is 6. The van der Waals surface area contributed by atoms with E-state index in [4.69, 9.17) is 11.5 Å². The molecule has 0 radical (unpaired) electrons. The number of rotatable bonds is 14. The molecule has 20 heavy (non-hydrogen) atoms. The zero-order valence-electron chi connectivity index (χ0n) is 13.7. The molecule has 0 aliphatic carbocycles. The summed E-state index contributed by atoms with van der Waals surface area (Å²) in [7, 11) is 0. The van der Waals surface area contributed by atoms with Crippen molar-refractivity contribution >= 4 is 19.7 Å². The van der Waals surface area contributed by atoms with E-state index in [1.807, 2.05) is 0 Å². The van der Waals surface area contributed by atoms with E-state index in [-0.39, 0.29) is 12.1 Å². The van der Waals surface area contributed by atoms with Gasteiger partial charge in [0.05, 0.1) is 0 Å². The van der Waals surface area contributed by atoms with Crippen molar-refractivity contribution in [2.45, 2.75) is 99.0 Å². The molecule has 0 saturated carbocycles. The van der Waals surface area contributed by atoms with Crippen LogP contribution >= 0.6 is 0 Å². The van der Waals surface area contributed by atoms with Crippen molar-refractivity contribution in [3.63, 3.8) is 0 Å². The van der Waals surface area contributed by atoms with Gasteiger partial charge in [-0.25, -0.2) is 0 Å². The normalized spacial score (nSPS) is 14.2. The van der Waals surface area contributed by atoms with Gasteiger partial charge in [0, 0.05) is 0 Å². The summed E-state index contributed by atoms with van der Waals surface area (Å²) in [5.74, 6) is 0. The maximum absolute atomic E-state index is 12.2. The second kappa shape index (κ2) is 14.5. The predicted molar refractivity (Wildman–Crippen MR) is 89.5 cm³/mol. The summed E-state index contributed by atoms with van der Waals surface area (Å²) in [5.41, 5.74) is 12.2. The minimum atomic E-state index is -2.50. The second-order valence-electron chi connectivity index (χ2n) is 6.17. The van der Waals surface area contributed by atoms with Crippen LogP contribution < -0.4 is 11.5 Å². The quantitative estimate of drug-likeness (QED) is 0.347. The first-order chi connectivity index (χ1) is 9.60. The van der Waals surface area contributed by atoms with Crippen LogP contribution in [0, 0.1) is 0 Å². The summed E-state index contributed by atoms with van der Waals surface area (Å²) in [5, 5.41) is 0. The Morgan fingerprint density at radius 2 is 1.15 bits per heavy atom. The first kappa shape index (κ1) is 20.5. The summed E-state index contributed by atoms with van der Waals surface area (Å²) in [6, 6.07) is 0.317. The molecule has 4 N–H and O–H groups in total. The van der Waals surface area contributed by atoms with Crippen molar-refractivity contribution in [2.75, 3.05) is 0 Å². The summed E-state index contributed by atoms with van der Waals surface area (Å²) in [4.78, 5) is 0. The third-order valence-electron chi connectivity index (χ3n) is 3.84. The Morgan fingerprint density at radius 3 is 1.50 bits per heavy atom. The van der Waals surface area contributed by atoms with E-state index in [9.17, 15) is 3.08 Å². The molecule has 120 valence electrons. The maximum atomic E-state index is 12.2. The Bertz CT molecular complexity index is 215. The van der Waals surface area contributed by atoms with Gasteiger partial charge >= 0.3 is 133 Å². The molecule has 0 rings (SSSR count). The van der Waals surface area contributed by atoms with Crippen LogP contribution in [0.5, 0.6) is 0 Å². The zero-order chi connectivity index (χ0) is 15.2. The number of nitrogens with two attached hydrogens (primary N) is 2. The summed E-state index contributed by atoms with van der Waals surface area (Å²) in [6.07, 6.45) is 12.1. The van der Waals surface area contributed by atoms with Gasteiger partial charge in [-0.2, -0.15) is 0 Å². The van der Waals surface area contributed by atoms with Crippen molar-refractivity contribution in [1.82, 2.24) is 0 Å². The van der Waals surface area contributed by atoms with E-state index in [0.29, 0.717) is 0 Å². The minimum absolute atomic E-state index is 0.158. The molecule has 0 aliphatic rings. The number of hydrogen-bond donors (Lipinski definition) is 2. The van der Waals surface area contributed by atoms with Gasteiger partial charge < -0.3 is 0 Å². The second-order valence-corrected chi connectivity index (χ2v) is 11.6. The van der Waals surface area contributed by atoms with Crippen LogP contribution in [0.1, 0.15) is 78.1 Å². The Labute approximate surface area is 133 Å². The number of hydrogen-bond acceptors (Lipinski definition) is 3. The fraction of sp³-hybridized carbons (Fsp3) is 1.00. The molecule has 0 heterocycles. The molecule has 0 aromatic carbocycles. The van der Waals surface area contributed by atoms with Crippen LogP contribution in [-0.4, -0.2) is 31.8 Å². The monoisotopic (exact) mass is 392 g/mol. The van der Waals surface area contributed by atoms with Gasteiger partial charge in [0.15, 0.2) is 0 Å². The van der Waals surface area contributed by atoms with E-state index in [1.165, 1.54) is 51.4 Å². The molecule has 0 fully saturated rings. The Balaban J connectivity index is 3.59. The van der Waals surface area contributed by atoms with Crippen molar-refractivity contribution in [1.29, 1.82) is 0 Å². The fourth-order valence-electron chi connectivity index (χ4n) is 2.54. The van der Waals surface area contributed by atoms with Gasteiger partial charge in [0.25, 0.3) is 0 Å². The molecule has 3 nitrogen and oxygen atoms in total. The molecule has 0 spiro atoms. The van der Waals surface area contributed by atoms with E-state index in [2.05, 4.69) is 13.8 Å². The van der Waals surface area contributed by atoms with E-state index in [1.54, 1.807) is 0 Å². The van der Waals surface area contributed by atoms with Crippen molar-refractivity contribution in [3.8, 4) is 0 Å². The molecule has 0 amide bonds. The molecule has 0 aliphatic heterocycles. The molecule has 4 heteroatoms. The molecule has 2 unspecified atom stereocenters. The molecule has 0 saturated heterocycles. The molecule has 2 atom stereocenters. The Morgan fingerprint density at radius 1 is 0.750 bits per heavy atom. The average Bonchev–Trinajstić information content (AvgIpc) is 2.39. The van der Waals surface area contributed by atoms with Crippen LogP contribution in [0.2, 0.25) is 8.87 Å². The van der Waals surface area contributed by atoms with Crippen LogP contribution in [-0.2, 0) is 3.08 Å². The fourth-order valence-corrected chi connectivity index (χ4v) is 7.52. The molecule has 0 aromatic rings. The van der Waals surface area contributed by atoms with E-state index < -0.39 is 19.7 Å². The molecule has 0 aromatic heterocycles. The van der Waals surface area contributed by atoms with Crippen LogP contribution in [0.25, 0.3) is 0 Å². The summed E-state index contributed by atoms with van der Waals surface area (Å²) in [6.45, 7) is 4.43. The standard InChI is InChI=1S/2C8H18N.O.Sn/c2*1-3-4-5-6-7-8(2)9;;/h2*8H,2-7,9H2,1H3;;. The van der Waals surface area contributed by atoms with Gasteiger partial charge in [0.2, 0.25) is 0 Å². The topological polar surface area (TPSA) is 69.1 Å². The third kappa shape index (κ3) is 13.5. The van der Waals surface area contributed by atoms with Crippen molar-refractivity contribution in [3.05, 3.63) is 0 Å². The first-order valence-electron chi connectivity index (χ1n) is 8.63. The van der Waals surface area contributed by atoms with Crippen molar-refractivity contribution < 1.29 is 3.08 Å². The summed E-state index contributed by atoms with van der Waals surface area (Å²) >= 11 is -2.50. The van der Waals surface area contributed by atoms with E-state index >= 15 is 0 Å². The van der Waals surface area contributed by atoms with Gasteiger partial charge in [-0.05, 0) is 0 Å². The third-order valence-corrected chi connectivity index (χ3v) is 9.43. The van der Waals surface area contributed by atoms with E-state index in [0.717, 1.165) is 21.7 Å². The van der Waals surface area contributed by atoms with Crippen LogP contribution in [0.3, 0.4) is 0 Å². The Kier molecular flexibility index (Phi) is 14.8. The molecular weight excluding hydrogens is 355 g/mol. The summed E-state index contributed by atoms with van der Waals surface area (Å²) < 4.78 is 13.7. The first-order valence-corrected chi connectivity index (χ1v) is 13.8. The van der Waals surface area contributed by atoms with Gasteiger partial charge in [-0.1, -0.05) is 0 Å². The average molecular weight is 391 g/mol. The van der Waals surface area contributed by atoms with Crippen molar-refractivity contribution in [2.24, 2.45) is 11.5 Å². The Hall–Kier alpha value is 0.519. The van der Waals surface area contributed by atoms with Gasteiger partial charge in [0.1, 0.15) is 0 Å². The molecule has 0 bridgehead atoms. The van der Waals surface area contributed by atoms with Crippen LogP contribution in [0.15, 0.2) is 0 Å². The zero-order valence-corrected chi connectivity index (χ0v) is 16.6. The SMILES string of the molecule is CCCCCCC(N)[CH2][Sn](=[O])[CH2]C(N)CCCCCC. The van der Waals surface area contributed by atoms with Gasteiger partial charge in [-0.15, -0.1) is 0 Å².